The zero-order valence-corrected chi connectivity index (χ0v) is 13.2. The highest BCUT2D eigenvalue weighted by atomic mass is 15.2. The van der Waals surface area contributed by atoms with Crippen LogP contribution in [0.15, 0.2) is 30.3 Å². The molecule has 1 aromatic rings. The molecule has 112 valence electrons. The van der Waals surface area contributed by atoms with Crippen molar-refractivity contribution in [3.63, 3.8) is 0 Å². The van der Waals surface area contributed by atoms with E-state index in [1.54, 1.807) is 0 Å². The molecule has 0 radical (unpaired) electrons. The molecule has 1 aliphatic rings. The Balaban J connectivity index is 1.64. The molecule has 0 aromatic heterocycles. The third kappa shape index (κ3) is 3.97. The molecule has 0 bridgehead atoms. The van der Waals surface area contributed by atoms with E-state index in [0.29, 0.717) is 5.54 Å². The molecule has 1 saturated carbocycles. The summed E-state index contributed by atoms with van der Waals surface area (Å²) in [6, 6.07) is 10.5. The Labute approximate surface area is 124 Å². The topological polar surface area (TPSA) is 18.5 Å². The molecule has 3 nitrogen and oxygen atoms in total. The summed E-state index contributed by atoms with van der Waals surface area (Å²) in [5.41, 5.74) is 1.67. The lowest BCUT2D eigenvalue weighted by Gasteiger charge is -2.49. The lowest BCUT2D eigenvalue weighted by atomic mass is 9.75. The third-order valence-electron chi connectivity index (χ3n) is 4.62. The van der Waals surface area contributed by atoms with Gasteiger partial charge in [-0.25, -0.2) is 0 Å². The van der Waals surface area contributed by atoms with E-state index in [1.165, 1.54) is 37.9 Å². The summed E-state index contributed by atoms with van der Waals surface area (Å²) in [4.78, 5) is 4.92. The molecular formula is C17H29N3. The fourth-order valence-corrected chi connectivity index (χ4v) is 3.05. The van der Waals surface area contributed by atoms with Crippen LogP contribution in [0.5, 0.6) is 0 Å². The van der Waals surface area contributed by atoms with Gasteiger partial charge in [0.2, 0.25) is 0 Å². The predicted molar refractivity (Wildman–Crippen MR) is 87.3 cm³/mol. The Morgan fingerprint density at radius 2 is 1.80 bits per heavy atom. The minimum atomic E-state index is 0.446. The molecular weight excluding hydrogens is 246 g/mol. The van der Waals surface area contributed by atoms with Crippen LogP contribution in [-0.2, 0) is 0 Å². The van der Waals surface area contributed by atoms with Gasteiger partial charge in [-0.1, -0.05) is 18.2 Å². The summed E-state index contributed by atoms with van der Waals surface area (Å²) in [6.45, 7) is 3.41. The molecule has 0 heterocycles. The molecule has 1 aromatic carbocycles. The molecule has 0 aliphatic heterocycles. The van der Waals surface area contributed by atoms with Crippen LogP contribution in [0, 0.1) is 0 Å². The van der Waals surface area contributed by atoms with E-state index in [9.17, 15) is 0 Å². The van der Waals surface area contributed by atoms with Gasteiger partial charge in [-0.05, 0) is 65.5 Å². The number of anilines is 1. The van der Waals surface area contributed by atoms with Crippen LogP contribution in [-0.4, -0.2) is 56.1 Å². The second-order valence-electron chi connectivity index (χ2n) is 6.36. The second kappa shape index (κ2) is 7.09. The first-order valence-corrected chi connectivity index (χ1v) is 7.77. The van der Waals surface area contributed by atoms with Crippen molar-refractivity contribution in [3.05, 3.63) is 30.3 Å². The first kappa shape index (κ1) is 15.3. The van der Waals surface area contributed by atoms with Crippen molar-refractivity contribution in [2.24, 2.45) is 0 Å². The highest BCUT2D eigenvalue weighted by Crippen LogP contribution is 2.36. The van der Waals surface area contributed by atoms with Crippen molar-refractivity contribution in [3.8, 4) is 0 Å². The molecule has 0 unspecified atom stereocenters. The lowest BCUT2D eigenvalue weighted by Crippen LogP contribution is -2.56. The van der Waals surface area contributed by atoms with Gasteiger partial charge in [0, 0.05) is 24.3 Å². The maximum Gasteiger partial charge on any atom is 0.0340 e. The van der Waals surface area contributed by atoms with Gasteiger partial charge in [-0.2, -0.15) is 0 Å². The molecule has 20 heavy (non-hydrogen) atoms. The van der Waals surface area contributed by atoms with E-state index < -0.39 is 0 Å². The van der Waals surface area contributed by atoms with Crippen molar-refractivity contribution in [1.29, 1.82) is 0 Å². The Bertz CT molecular complexity index is 384. The van der Waals surface area contributed by atoms with Crippen LogP contribution >= 0.6 is 0 Å². The monoisotopic (exact) mass is 275 g/mol. The van der Waals surface area contributed by atoms with E-state index in [0.717, 1.165) is 13.1 Å². The van der Waals surface area contributed by atoms with Gasteiger partial charge in [0.05, 0.1) is 0 Å². The van der Waals surface area contributed by atoms with Gasteiger partial charge in [0.1, 0.15) is 0 Å². The molecule has 1 fully saturated rings. The van der Waals surface area contributed by atoms with Crippen LogP contribution in [0.1, 0.15) is 25.7 Å². The molecule has 0 spiro atoms. The predicted octanol–water partition coefficient (Wildman–Crippen LogP) is 2.90. The zero-order valence-electron chi connectivity index (χ0n) is 13.2. The number of para-hydroxylation sites is 1. The van der Waals surface area contributed by atoms with E-state index in [2.05, 4.69) is 66.6 Å². The average Bonchev–Trinajstić information content (AvgIpc) is 2.40. The summed E-state index contributed by atoms with van der Waals surface area (Å²) < 4.78 is 0. The standard InChI is InChI=1S/C17H29N3/c1-19(2)17(11-7-12-17)15-20(3)14-8-13-18-16-9-5-4-6-10-16/h4-6,9-10,18H,7-8,11-15H2,1-3H3. The van der Waals surface area contributed by atoms with Crippen molar-refractivity contribution >= 4 is 5.69 Å². The van der Waals surface area contributed by atoms with Crippen LogP contribution in [0.3, 0.4) is 0 Å². The molecule has 0 saturated heterocycles. The maximum absolute atomic E-state index is 3.48. The number of hydrogen-bond donors (Lipinski definition) is 1. The molecule has 1 N–H and O–H groups in total. The zero-order chi connectivity index (χ0) is 14.4. The minimum absolute atomic E-state index is 0.446. The van der Waals surface area contributed by atoms with Crippen molar-refractivity contribution < 1.29 is 0 Å². The normalized spacial score (nSPS) is 17.2. The van der Waals surface area contributed by atoms with Crippen LogP contribution in [0.25, 0.3) is 0 Å². The largest absolute Gasteiger partial charge is 0.385 e. The SMILES string of the molecule is CN(CCCNc1ccccc1)CC1(N(C)C)CCC1. The van der Waals surface area contributed by atoms with Gasteiger partial charge in [0.15, 0.2) is 0 Å². The summed E-state index contributed by atoms with van der Waals surface area (Å²) in [5.74, 6) is 0. The van der Waals surface area contributed by atoms with Gasteiger partial charge < -0.3 is 15.1 Å². The van der Waals surface area contributed by atoms with Crippen molar-refractivity contribution in [2.45, 2.75) is 31.2 Å². The van der Waals surface area contributed by atoms with Gasteiger partial charge >= 0.3 is 0 Å². The van der Waals surface area contributed by atoms with Crippen molar-refractivity contribution in [1.82, 2.24) is 9.80 Å². The number of benzene rings is 1. The van der Waals surface area contributed by atoms with Gasteiger partial charge in [0.25, 0.3) is 0 Å². The summed E-state index contributed by atoms with van der Waals surface area (Å²) >= 11 is 0. The summed E-state index contributed by atoms with van der Waals surface area (Å²) in [7, 11) is 6.71. The number of nitrogens with zero attached hydrogens (tertiary/aromatic N) is 2. The first-order valence-electron chi connectivity index (χ1n) is 7.77. The minimum Gasteiger partial charge on any atom is -0.385 e. The smallest absolute Gasteiger partial charge is 0.0340 e. The average molecular weight is 275 g/mol. The molecule has 1 aliphatic carbocycles. The molecule has 0 atom stereocenters. The third-order valence-corrected chi connectivity index (χ3v) is 4.62. The lowest BCUT2D eigenvalue weighted by molar-refractivity contribution is 0.0279. The van der Waals surface area contributed by atoms with Crippen LogP contribution in [0.2, 0.25) is 0 Å². The Morgan fingerprint density at radius 3 is 2.35 bits per heavy atom. The Morgan fingerprint density at radius 1 is 1.10 bits per heavy atom. The van der Waals surface area contributed by atoms with Gasteiger partial charge in [-0.15, -0.1) is 0 Å². The number of hydrogen-bond acceptors (Lipinski definition) is 3. The van der Waals surface area contributed by atoms with Gasteiger partial charge in [-0.3, -0.25) is 0 Å². The van der Waals surface area contributed by atoms with E-state index >= 15 is 0 Å². The highest BCUT2D eigenvalue weighted by Gasteiger charge is 2.39. The Hall–Kier alpha value is -1.06. The van der Waals surface area contributed by atoms with Crippen LogP contribution < -0.4 is 5.32 Å². The fourth-order valence-electron chi connectivity index (χ4n) is 3.05. The maximum atomic E-state index is 3.48. The van der Waals surface area contributed by atoms with Crippen molar-refractivity contribution in [2.75, 3.05) is 46.1 Å². The molecule has 3 heteroatoms. The summed E-state index contributed by atoms with van der Waals surface area (Å²) in [6.07, 6.45) is 5.29. The quantitative estimate of drug-likeness (QED) is 0.736. The second-order valence-corrected chi connectivity index (χ2v) is 6.36. The van der Waals surface area contributed by atoms with E-state index in [1.807, 2.05) is 0 Å². The van der Waals surface area contributed by atoms with E-state index in [4.69, 9.17) is 0 Å². The fraction of sp³-hybridized carbons (Fsp3) is 0.647. The highest BCUT2D eigenvalue weighted by molar-refractivity contribution is 5.42. The number of likely N-dealkylation sites (N-methyl/N-ethyl adjacent to an activating group) is 2. The summed E-state index contributed by atoms with van der Waals surface area (Å²) in [5, 5.41) is 3.48. The molecule has 0 amide bonds. The first-order chi connectivity index (χ1) is 9.62. The van der Waals surface area contributed by atoms with Crippen LogP contribution in [0.4, 0.5) is 5.69 Å². The van der Waals surface area contributed by atoms with E-state index in [-0.39, 0.29) is 0 Å². The number of nitrogens with one attached hydrogen (secondary N) is 1. The molecule has 2 rings (SSSR count). The Kier molecular flexibility index (Phi) is 5.44. The number of rotatable bonds is 8.